The second-order valence-corrected chi connectivity index (χ2v) is 33.4. The van der Waals surface area contributed by atoms with E-state index in [0.717, 1.165) is 150 Å². The van der Waals surface area contributed by atoms with Crippen LogP contribution in [0.25, 0.3) is 150 Å². The molecule has 8 heteroatoms. The van der Waals surface area contributed by atoms with Crippen molar-refractivity contribution in [3.8, 4) is 78.8 Å². The standard InChI is InChI=1S/C98H82N8/c1-95(2,3)67-37-41-71-73(53-67)74-54-68(96(4,5)6)38-42-72(74)90(71)91-77(58-99)92(106-83-46-36-66(62-31-23-16-24-32-62)52-87(83)105-85-50-64(60-27-19-14-20-28-60)34-44-79(85)101-94(105)106)89(102-80-47-39-69(97(7,8)9)55-75(80)76-56-70(98(10,11)12)40-48-81(76)102)57-88(91)103-82-45-35-65(61-29-21-15-22-30-61)51-86(82)104-84-49-63(59-25-17-13-18-26-59)33-43-78(84)100-93(103)104/h13-57,90H,1-12H3. The Morgan fingerprint density at radius 1 is 0.302 bits per heavy atom. The van der Waals surface area contributed by atoms with E-state index in [1.165, 1.54) is 33.4 Å². The lowest BCUT2D eigenvalue weighted by Gasteiger charge is -2.27. The first kappa shape index (κ1) is 64.5. The van der Waals surface area contributed by atoms with Gasteiger partial charge in [0.15, 0.2) is 0 Å². The minimum atomic E-state index is -0.475. The number of fused-ring (bicyclic) bond motifs is 16. The van der Waals surface area contributed by atoms with Crippen molar-refractivity contribution >= 4 is 77.5 Å². The van der Waals surface area contributed by atoms with E-state index < -0.39 is 5.92 Å². The van der Waals surface area contributed by atoms with Gasteiger partial charge in [0.1, 0.15) is 6.07 Å². The van der Waals surface area contributed by atoms with Crippen molar-refractivity contribution in [3.63, 3.8) is 0 Å². The van der Waals surface area contributed by atoms with Crippen molar-refractivity contribution in [1.29, 1.82) is 5.26 Å². The largest absolute Gasteiger partial charge is 0.307 e. The van der Waals surface area contributed by atoms with Crippen LogP contribution in [0.1, 0.15) is 134 Å². The maximum atomic E-state index is 13.6. The molecule has 0 atom stereocenters. The lowest BCUT2D eigenvalue weighted by molar-refractivity contribution is 0.589. The average Bonchev–Trinajstić information content (AvgIpc) is 1.52. The van der Waals surface area contributed by atoms with Crippen LogP contribution in [0.5, 0.6) is 0 Å². The van der Waals surface area contributed by atoms with Gasteiger partial charge in [-0.1, -0.05) is 277 Å². The van der Waals surface area contributed by atoms with Crippen LogP contribution in [-0.4, -0.2) is 32.5 Å². The summed E-state index contributed by atoms with van der Waals surface area (Å²) in [6.07, 6.45) is 0. The molecule has 5 aromatic heterocycles. The van der Waals surface area contributed by atoms with Crippen molar-refractivity contribution in [2.45, 2.75) is 111 Å². The molecule has 0 unspecified atom stereocenters. The number of imidazole rings is 4. The third kappa shape index (κ3) is 10.1. The van der Waals surface area contributed by atoms with Crippen LogP contribution in [-0.2, 0) is 21.7 Å². The van der Waals surface area contributed by atoms with Gasteiger partial charge in [-0.15, -0.1) is 0 Å². The van der Waals surface area contributed by atoms with E-state index in [0.29, 0.717) is 11.3 Å². The third-order valence-corrected chi connectivity index (χ3v) is 22.7. The van der Waals surface area contributed by atoms with E-state index in [1.807, 2.05) is 0 Å². The van der Waals surface area contributed by atoms with Gasteiger partial charge in [0.05, 0.1) is 77.8 Å². The summed E-state index contributed by atoms with van der Waals surface area (Å²) in [5.74, 6) is 0.949. The van der Waals surface area contributed by atoms with Gasteiger partial charge in [-0.05, 0) is 190 Å². The minimum absolute atomic E-state index is 0.162. The first-order valence-electron chi connectivity index (χ1n) is 37.2. The third-order valence-electron chi connectivity index (χ3n) is 22.7. The molecule has 19 rings (SSSR count). The molecule has 18 aromatic rings. The van der Waals surface area contributed by atoms with E-state index in [-0.39, 0.29) is 21.7 Å². The number of hydrogen-bond donors (Lipinski definition) is 0. The molecule has 13 aromatic carbocycles. The van der Waals surface area contributed by atoms with Gasteiger partial charge >= 0.3 is 0 Å². The highest BCUT2D eigenvalue weighted by molar-refractivity contribution is 6.11. The Bertz CT molecular complexity index is 6580. The monoisotopic (exact) mass is 1370 g/mol. The zero-order valence-electron chi connectivity index (χ0n) is 62.1. The van der Waals surface area contributed by atoms with Crippen molar-refractivity contribution in [1.82, 2.24) is 32.5 Å². The molecule has 8 nitrogen and oxygen atoms in total. The Morgan fingerprint density at radius 3 is 1.05 bits per heavy atom. The van der Waals surface area contributed by atoms with Crippen molar-refractivity contribution in [3.05, 3.63) is 317 Å². The topological polar surface area (TPSA) is 73.2 Å². The first-order chi connectivity index (χ1) is 51.0. The van der Waals surface area contributed by atoms with Crippen LogP contribution in [0, 0.1) is 11.3 Å². The number of rotatable bonds is 8. The smallest absolute Gasteiger partial charge is 0.220 e. The summed E-state index contributed by atoms with van der Waals surface area (Å²) in [5.41, 5.74) is 31.0. The molecular formula is C98H82N8. The summed E-state index contributed by atoms with van der Waals surface area (Å²) < 4.78 is 12.0. The van der Waals surface area contributed by atoms with Gasteiger partial charge in [-0.2, -0.15) is 5.26 Å². The van der Waals surface area contributed by atoms with Crippen molar-refractivity contribution in [2.75, 3.05) is 0 Å². The van der Waals surface area contributed by atoms with E-state index in [2.05, 4.69) is 385 Å². The zero-order chi connectivity index (χ0) is 72.6. The fourth-order valence-electron chi connectivity index (χ4n) is 17.0. The summed E-state index contributed by atoms with van der Waals surface area (Å²) in [6.45, 7) is 27.7. The minimum Gasteiger partial charge on any atom is -0.307 e. The number of nitriles is 1. The predicted molar refractivity (Wildman–Crippen MR) is 441 cm³/mol. The van der Waals surface area contributed by atoms with Crippen LogP contribution < -0.4 is 0 Å². The fourth-order valence-corrected chi connectivity index (χ4v) is 17.0. The molecule has 106 heavy (non-hydrogen) atoms. The van der Waals surface area contributed by atoms with Crippen LogP contribution in [0.3, 0.4) is 0 Å². The molecule has 1 aliphatic rings. The molecule has 0 aliphatic heterocycles. The maximum absolute atomic E-state index is 13.6. The molecule has 0 fully saturated rings. The van der Waals surface area contributed by atoms with Crippen molar-refractivity contribution < 1.29 is 0 Å². The highest BCUT2D eigenvalue weighted by Gasteiger charge is 2.40. The molecule has 0 saturated carbocycles. The Balaban J connectivity index is 1.05. The average molecular weight is 1370 g/mol. The number of benzene rings is 13. The number of aromatic nitrogens is 7. The summed E-state index contributed by atoms with van der Waals surface area (Å²) in [4.78, 5) is 11.7. The molecule has 514 valence electrons. The lowest BCUT2D eigenvalue weighted by atomic mass is 9.81. The van der Waals surface area contributed by atoms with Gasteiger partial charge in [-0.25, -0.2) is 9.97 Å². The Hall–Kier alpha value is -12.3. The van der Waals surface area contributed by atoms with Gasteiger partial charge in [0.2, 0.25) is 11.6 Å². The van der Waals surface area contributed by atoms with E-state index in [4.69, 9.17) is 9.97 Å². The molecular weight excluding hydrogens is 1290 g/mol. The van der Waals surface area contributed by atoms with Gasteiger partial charge in [0, 0.05) is 22.3 Å². The first-order valence-corrected chi connectivity index (χ1v) is 37.2. The lowest BCUT2D eigenvalue weighted by Crippen LogP contribution is -2.16. The van der Waals surface area contributed by atoms with Crippen LogP contribution in [0.4, 0.5) is 0 Å². The summed E-state index contributed by atoms with van der Waals surface area (Å²) in [6, 6.07) is 104. The normalized spacial score (nSPS) is 13.0. The molecule has 0 spiro atoms. The van der Waals surface area contributed by atoms with E-state index in [1.54, 1.807) is 0 Å². The molecule has 0 amide bonds. The van der Waals surface area contributed by atoms with Crippen molar-refractivity contribution in [2.24, 2.45) is 0 Å². The fraction of sp³-hybridized carbons (Fsp3) is 0.173. The summed E-state index contributed by atoms with van der Waals surface area (Å²) >= 11 is 0. The Kier molecular flexibility index (Phi) is 14.2. The predicted octanol–water partition coefficient (Wildman–Crippen LogP) is 25.2. The number of nitrogens with zero attached hydrogens (tertiary/aromatic N) is 8. The second kappa shape index (κ2) is 23.3. The summed E-state index contributed by atoms with van der Waals surface area (Å²) in [7, 11) is 0. The van der Waals surface area contributed by atoms with Gasteiger partial charge < -0.3 is 4.57 Å². The van der Waals surface area contributed by atoms with Crippen LogP contribution in [0.2, 0.25) is 0 Å². The van der Waals surface area contributed by atoms with E-state index in [9.17, 15) is 5.26 Å². The summed E-state index contributed by atoms with van der Waals surface area (Å²) in [5, 5.41) is 15.9. The maximum Gasteiger partial charge on any atom is 0.220 e. The Labute approximate surface area is 618 Å². The van der Waals surface area contributed by atoms with Crippen LogP contribution in [0.15, 0.2) is 273 Å². The highest BCUT2D eigenvalue weighted by Crippen LogP contribution is 2.55. The second-order valence-electron chi connectivity index (χ2n) is 33.4. The van der Waals surface area contributed by atoms with E-state index >= 15 is 0 Å². The highest BCUT2D eigenvalue weighted by atomic mass is 15.2. The molecule has 0 N–H and O–H groups in total. The number of hydrogen-bond acceptors (Lipinski definition) is 3. The molecule has 0 bridgehead atoms. The van der Waals surface area contributed by atoms with Crippen LogP contribution >= 0.6 is 0 Å². The SMILES string of the molecule is CC(C)(C)c1ccc2c(c1)-c1cc(C(C)(C)C)ccc1C2c1c(-n2c3ccc(-c4ccccc4)cc3n3c4cc(-c5ccccc5)ccc4nc23)cc(-n2c3ccc(C(C)(C)C)cc3c3cc(C(C)(C)C)ccc32)c(-n2c3ccc(-c4ccccc4)cc3n3c4cc(-c5ccccc5)ccc4nc23)c1C#N. The molecule has 0 radical (unpaired) electrons. The molecule has 1 aliphatic carbocycles. The quantitative estimate of drug-likeness (QED) is 0.152. The molecule has 0 saturated heterocycles. The Morgan fingerprint density at radius 2 is 0.651 bits per heavy atom. The van der Waals surface area contributed by atoms with Gasteiger partial charge in [0.25, 0.3) is 0 Å². The van der Waals surface area contributed by atoms with Gasteiger partial charge in [-0.3, -0.25) is 17.9 Å². The zero-order valence-corrected chi connectivity index (χ0v) is 62.1. The molecule has 5 heterocycles.